The van der Waals surface area contributed by atoms with Gasteiger partial charge in [0.1, 0.15) is 0 Å². The average molecular weight is 298 g/mol. The molecule has 1 rings (SSSR count). The van der Waals surface area contributed by atoms with Gasteiger partial charge in [0.05, 0.1) is 11.8 Å². The third kappa shape index (κ3) is 5.65. The Morgan fingerprint density at radius 3 is 2.43 bits per heavy atom. The van der Waals surface area contributed by atoms with Gasteiger partial charge in [0.15, 0.2) is 0 Å². The Morgan fingerprint density at radius 1 is 1.24 bits per heavy atom. The molecule has 5 nitrogen and oxygen atoms in total. The van der Waals surface area contributed by atoms with Crippen LogP contribution in [0.4, 0.5) is 0 Å². The fraction of sp³-hybridized carbons (Fsp3) is 0.875. The first-order valence-electron chi connectivity index (χ1n) is 8.03. The van der Waals surface area contributed by atoms with Crippen LogP contribution in [0.5, 0.6) is 0 Å². The van der Waals surface area contributed by atoms with Crippen LogP contribution in [-0.4, -0.2) is 48.1 Å². The maximum Gasteiger partial charge on any atom is 0.307 e. The zero-order chi connectivity index (χ0) is 16.0. The summed E-state index contributed by atoms with van der Waals surface area (Å²) < 4.78 is 0. The molecule has 122 valence electrons. The Hall–Kier alpha value is -1.10. The number of hydrogen-bond acceptors (Lipinski definition) is 3. The van der Waals surface area contributed by atoms with Gasteiger partial charge in [0.2, 0.25) is 5.91 Å². The highest BCUT2D eigenvalue weighted by molar-refractivity contribution is 5.85. The maximum atomic E-state index is 12.1. The summed E-state index contributed by atoms with van der Waals surface area (Å²) in [6.45, 7) is 8.00. The second-order valence-electron chi connectivity index (χ2n) is 6.70. The maximum absolute atomic E-state index is 12.1. The second kappa shape index (κ2) is 8.37. The molecule has 0 radical (unpaired) electrons. The van der Waals surface area contributed by atoms with Crippen molar-refractivity contribution in [1.82, 2.24) is 10.2 Å². The molecule has 0 aromatic carbocycles. The van der Waals surface area contributed by atoms with E-state index in [-0.39, 0.29) is 11.8 Å². The number of nitrogens with one attached hydrogen (secondary N) is 1. The van der Waals surface area contributed by atoms with Crippen molar-refractivity contribution in [1.29, 1.82) is 0 Å². The Morgan fingerprint density at radius 2 is 1.86 bits per heavy atom. The van der Waals surface area contributed by atoms with Crippen molar-refractivity contribution < 1.29 is 14.7 Å². The summed E-state index contributed by atoms with van der Waals surface area (Å²) in [4.78, 5) is 25.6. The summed E-state index contributed by atoms with van der Waals surface area (Å²) in [5.41, 5.74) is 0. The van der Waals surface area contributed by atoms with E-state index in [1.54, 1.807) is 0 Å². The number of carboxylic acid groups (broad SMARTS) is 1. The van der Waals surface area contributed by atoms with Gasteiger partial charge in [-0.1, -0.05) is 6.92 Å². The Bertz CT molecular complexity index is 357. The number of aliphatic carboxylic acids is 1. The van der Waals surface area contributed by atoms with Crippen molar-refractivity contribution in [3.8, 4) is 0 Å². The molecule has 21 heavy (non-hydrogen) atoms. The van der Waals surface area contributed by atoms with Gasteiger partial charge >= 0.3 is 5.97 Å². The van der Waals surface area contributed by atoms with Crippen molar-refractivity contribution in [3.05, 3.63) is 0 Å². The lowest BCUT2D eigenvalue weighted by molar-refractivity contribution is -0.146. The van der Waals surface area contributed by atoms with E-state index in [1.165, 1.54) is 0 Å². The summed E-state index contributed by atoms with van der Waals surface area (Å²) in [7, 11) is 2.10. The molecule has 1 unspecified atom stereocenters. The van der Waals surface area contributed by atoms with Gasteiger partial charge in [-0.2, -0.15) is 0 Å². The largest absolute Gasteiger partial charge is 0.481 e. The van der Waals surface area contributed by atoms with E-state index in [0.29, 0.717) is 31.3 Å². The van der Waals surface area contributed by atoms with E-state index in [9.17, 15) is 14.7 Å². The number of carbonyl (C=O) groups is 2. The molecule has 1 amide bonds. The molecule has 0 saturated heterocycles. The molecule has 1 aliphatic rings. The van der Waals surface area contributed by atoms with Gasteiger partial charge in [-0.15, -0.1) is 0 Å². The number of carboxylic acids is 1. The molecular weight excluding hydrogens is 268 g/mol. The minimum absolute atomic E-state index is 0.0797. The number of rotatable bonds is 8. The van der Waals surface area contributed by atoms with Gasteiger partial charge in [0.25, 0.3) is 0 Å². The van der Waals surface area contributed by atoms with E-state index in [2.05, 4.69) is 31.1 Å². The lowest BCUT2D eigenvalue weighted by Crippen LogP contribution is -2.36. The predicted molar refractivity (Wildman–Crippen MR) is 83.0 cm³/mol. The van der Waals surface area contributed by atoms with Crippen molar-refractivity contribution in [2.45, 2.75) is 52.5 Å². The zero-order valence-corrected chi connectivity index (χ0v) is 13.8. The number of amides is 1. The Balaban J connectivity index is 2.26. The molecular formula is C16H30N2O3. The van der Waals surface area contributed by atoms with Crippen molar-refractivity contribution in [2.24, 2.45) is 17.8 Å². The average Bonchev–Trinajstić information content (AvgIpc) is 2.80. The highest BCUT2D eigenvalue weighted by Gasteiger charge is 2.40. The first-order chi connectivity index (χ1) is 9.82. The minimum Gasteiger partial charge on any atom is -0.481 e. The van der Waals surface area contributed by atoms with Crippen LogP contribution in [0.1, 0.15) is 46.5 Å². The summed E-state index contributed by atoms with van der Waals surface area (Å²) in [6.07, 6.45) is 3.28. The summed E-state index contributed by atoms with van der Waals surface area (Å²) in [5, 5.41) is 12.1. The van der Waals surface area contributed by atoms with Crippen LogP contribution in [0.25, 0.3) is 0 Å². The standard InChI is InChI=1S/C16H30N2O3/c1-11(2)18(4)8-6-5-7-17-15(19)13-9-12(3)10-14(13)16(20)21/h11-14H,5-10H2,1-4H3,(H,17,19)(H,20,21)/t12?,13-,14+/m0/s1. The summed E-state index contributed by atoms with van der Waals surface area (Å²) in [6, 6.07) is 0.538. The third-order valence-corrected chi connectivity index (χ3v) is 4.57. The normalized spacial score (nSPS) is 25.5. The molecule has 0 aromatic heterocycles. The fourth-order valence-electron chi connectivity index (χ4n) is 2.94. The van der Waals surface area contributed by atoms with Crippen LogP contribution in [-0.2, 0) is 9.59 Å². The zero-order valence-electron chi connectivity index (χ0n) is 13.8. The molecule has 0 aromatic rings. The molecule has 1 fully saturated rings. The number of carbonyl (C=O) groups excluding carboxylic acids is 1. The second-order valence-corrected chi connectivity index (χ2v) is 6.70. The molecule has 0 heterocycles. The lowest BCUT2D eigenvalue weighted by Gasteiger charge is -2.21. The van der Waals surface area contributed by atoms with E-state index in [4.69, 9.17) is 0 Å². The first kappa shape index (κ1) is 18.0. The molecule has 3 atom stereocenters. The SMILES string of the molecule is CC1C[C@H](C(=O)NCCCCN(C)C(C)C)[C@H](C(=O)O)C1. The predicted octanol–water partition coefficient (Wildman–Crippen LogP) is 1.97. The molecule has 1 aliphatic carbocycles. The van der Waals surface area contributed by atoms with Crippen molar-refractivity contribution >= 4 is 11.9 Å². The van der Waals surface area contributed by atoms with Gasteiger partial charge in [0, 0.05) is 12.6 Å². The van der Waals surface area contributed by atoms with Crippen LogP contribution in [0.15, 0.2) is 0 Å². The van der Waals surface area contributed by atoms with Crippen LogP contribution in [0, 0.1) is 17.8 Å². The highest BCUT2D eigenvalue weighted by Crippen LogP contribution is 2.36. The van der Waals surface area contributed by atoms with Gasteiger partial charge < -0.3 is 15.3 Å². The van der Waals surface area contributed by atoms with Gasteiger partial charge in [-0.3, -0.25) is 9.59 Å². The van der Waals surface area contributed by atoms with Crippen molar-refractivity contribution in [2.75, 3.05) is 20.1 Å². The Labute approximate surface area is 128 Å². The topological polar surface area (TPSA) is 69.6 Å². The highest BCUT2D eigenvalue weighted by atomic mass is 16.4. The summed E-state index contributed by atoms with van der Waals surface area (Å²) in [5.74, 6) is -1.45. The fourth-order valence-corrected chi connectivity index (χ4v) is 2.94. The van der Waals surface area contributed by atoms with Gasteiger partial charge in [-0.25, -0.2) is 0 Å². The quantitative estimate of drug-likeness (QED) is 0.672. The van der Waals surface area contributed by atoms with E-state index in [0.717, 1.165) is 19.4 Å². The lowest BCUT2D eigenvalue weighted by atomic mass is 9.95. The molecule has 0 spiro atoms. The summed E-state index contributed by atoms with van der Waals surface area (Å²) >= 11 is 0. The Kier molecular flexibility index (Phi) is 7.15. The molecule has 5 heteroatoms. The first-order valence-corrected chi connectivity index (χ1v) is 8.03. The number of unbranched alkanes of at least 4 members (excludes halogenated alkanes) is 1. The van der Waals surface area contributed by atoms with Crippen LogP contribution in [0.2, 0.25) is 0 Å². The smallest absolute Gasteiger partial charge is 0.307 e. The van der Waals surface area contributed by atoms with E-state index in [1.807, 2.05) is 6.92 Å². The minimum atomic E-state index is -0.835. The third-order valence-electron chi connectivity index (χ3n) is 4.57. The van der Waals surface area contributed by atoms with Crippen LogP contribution < -0.4 is 5.32 Å². The monoisotopic (exact) mass is 298 g/mol. The molecule has 0 bridgehead atoms. The van der Waals surface area contributed by atoms with E-state index >= 15 is 0 Å². The van der Waals surface area contributed by atoms with Crippen LogP contribution >= 0.6 is 0 Å². The molecule has 1 saturated carbocycles. The molecule has 2 N–H and O–H groups in total. The van der Waals surface area contributed by atoms with Crippen molar-refractivity contribution in [3.63, 3.8) is 0 Å². The van der Waals surface area contributed by atoms with Gasteiger partial charge in [-0.05, 0) is 59.0 Å². The molecule has 0 aliphatic heterocycles. The number of hydrogen-bond donors (Lipinski definition) is 2. The van der Waals surface area contributed by atoms with E-state index < -0.39 is 11.9 Å². The van der Waals surface area contributed by atoms with Crippen LogP contribution in [0.3, 0.4) is 0 Å². The number of nitrogens with zero attached hydrogens (tertiary/aromatic N) is 1.